The summed E-state index contributed by atoms with van der Waals surface area (Å²) in [4.78, 5) is 12.4. The first-order valence-electron chi connectivity index (χ1n) is 7.54. The molecule has 0 saturated heterocycles. The van der Waals surface area contributed by atoms with Gasteiger partial charge in [-0.25, -0.2) is 0 Å². The van der Waals surface area contributed by atoms with Gasteiger partial charge in [0.05, 0.1) is 6.54 Å². The van der Waals surface area contributed by atoms with E-state index in [0.29, 0.717) is 11.1 Å². The van der Waals surface area contributed by atoms with Crippen molar-refractivity contribution in [2.75, 3.05) is 0 Å². The molecule has 0 bridgehead atoms. The van der Waals surface area contributed by atoms with Crippen molar-refractivity contribution in [2.24, 2.45) is 0 Å². The van der Waals surface area contributed by atoms with Crippen LogP contribution in [0.4, 0.5) is 0 Å². The summed E-state index contributed by atoms with van der Waals surface area (Å²) in [5.74, 6) is 0.00645. The fourth-order valence-corrected chi connectivity index (χ4v) is 2.50. The Kier molecular flexibility index (Phi) is 4.20. The maximum Gasteiger partial charge on any atom is 0.182 e. The average molecular weight is 302 g/mol. The quantitative estimate of drug-likeness (QED) is 0.732. The number of nitrogens with zero attached hydrogens (tertiary/aromatic N) is 1. The molecule has 0 aliphatic heterocycles. The lowest BCUT2D eigenvalue weighted by Gasteiger charge is -2.08. The first-order valence-corrected chi connectivity index (χ1v) is 7.54. The lowest BCUT2D eigenvalue weighted by molar-refractivity contribution is 0.0970. The van der Waals surface area contributed by atoms with Crippen LogP contribution in [0.2, 0.25) is 0 Å². The number of aromatic nitrogens is 1. The largest absolute Gasteiger partial charge is 0.326 e. The SMILES string of the molecule is Cc1ccn(CC(=O)c2ccc(-c3ccccc3)cc2)c(=N)c1. The van der Waals surface area contributed by atoms with Gasteiger partial charge in [-0.3, -0.25) is 10.2 Å². The Labute approximate surface area is 135 Å². The molecular formula is C20H18N2O. The molecule has 1 heterocycles. The minimum atomic E-state index is 0.00645. The monoisotopic (exact) mass is 302 g/mol. The number of hydrogen-bond acceptors (Lipinski definition) is 2. The summed E-state index contributed by atoms with van der Waals surface area (Å²) in [5.41, 5.74) is 4.25. The maximum absolute atomic E-state index is 12.4. The lowest BCUT2D eigenvalue weighted by Crippen LogP contribution is -2.23. The predicted molar refractivity (Wildman–Crippen MR) is 91.2 cm³/mol. The smallest absolute Gasteiger partial charge is 0.182 e. The molecule has 3 heteroatoms. The Morgan fingerprint density at radius 3 is 2.26 bits per heavy atom. The molecule has 1 N–H and O–H groups in total. The Morgan fingerprint density at radius 1 is 0.957 bits per heavy atom. The Hall–Kier alpha value is -2.94. The number of hydrogen-bond donors (Lipinski definition) is 1. The highest BCUT2D eigenvalue weighted by Crippen LogP contribution is 2.19. The molecule has 0 saturated carbocycles. The van der Waals surface area contributed by atoms with Crippen LogP contribution in [0.15, 0.2) is 72.9 Å². The number of carbonyl (C=O) groups is 1. The molecule has 0 atom stereocenters. The van der Waals surface area contributed by atoms with Crippen molar-refractivity contribution in [3.8, 4) is 11.1 Å². The van der Waals surface area contributed by atoms with E-state index < -0.39 is 0 Å². The minimum absolute atomic E-state index is 0.00645. The van der Waals surface area contributed by atoms with Crippen LogP contribution in [0, 0.1) is 12.3 Å². The highest BCUT2D eigenvalue weighted by Gasteiger charge is 2.07. The van der Waals surface area contributed by atoms with Crippen molar-refractivity contribution >= 4 is 5.78 Å². The number of carbonyl (C=O) groups excluding carboxylic acids is 1. The van der Waals surface area contributed by atoms with Gasteiger partial charge >= 0.3 is 0 Å². The summed E-state index contributed by atoms with van der Waals surface area (Å²) in [6.07, 6.45) is 1.79. The molecule has 0 fully saturated rings. The van der Waals surface area contributed by atoms with Gasteiger partial charge in [0, 0.05) is 11.8 Å². The van der Waals surface area contributed by atoms with E-state index in [2.05, 4.69) is 0 Å². The van der Waals surface area contributed by atoms with Gasteiger partial charge in [-0.1, -0.05) is 54.6 Å². The number of benzene rings is 2. The van der Waals surface area contributed by atoms with Crippen LogP contribution in [0.3, 0.4) is 0 Å². The van der Waals surface area contributed by atoms with Crippen LogP contribution >= 0.6 is 0 Å². The van der Waals surface area contributed by atoms with Gasteiger partial charge in [0.15, 0.2) is 5.78 Å². The second kappa shape index (κ2) is 6.44. The zero-order valence-electron chi connectivity index (χ0n) is 13.0. The van der Waals surface area contributed by atoms with Crippen molar-refractivity contribution in [1.82, 2.24) is 4.57 Å². The topological polar surface area (TPSA) is 45.9 Å². The Morgan fingerprint density at radius 2 is 1.61 bits per heavy atom. The molecule has 0 aliphatic rings. The Bertz CT molecular complexity index is 878. The third kappa shape index (κ3) is 3.46. The van der Waals surface area contributed by atoms with Crippen LogP contribution in [-0.4, -0.2) is 10.4 Å². The molecule has 3 rings (SSSR count). The van der Waals surface area contributed by atoms with Gasteiger partial charge in [0.25, 0.3) is 0 Å². The van der Waals surface area contributed by atoms with Gasteiger partial charge in [0.1, 0.15) is 5.49 Å². The highest BCUT2D eigenvalue weighted by molar-refractivity contribution is 5.96. The number of aryl methyl sites for hydroxylation is 1. The van der Waals surface area contributed by atoms with Gasteiger partial charge in [0.2, 0.25) is 0 Å². The fourth-order valence-electron chi connectivity index (χ4n) is 2.50. The first kappa shape index (κ1) is 15.0. The molecular weight excluding hydrogens is 284 g/mol. The molecule has 3 nitrogen and oxygen atoms in total. The normalized spacial score (nSPS) is 10.5. The van der Waals surface area contributed by atoms with Crippen molar-refractivity contribution in [2.45, 2.75) is 13.5 Å². The van der Waals surface area contributed by atoms with E-state index >= 15 is 0 Å². The molecule has 1 aromatic heterocycles. The first-order chi connectivity index (χ1) is 11.1. The van der Waals surface area contributed by atoms with E-state index in [1.54, 1.807) is 16.8 Å². The van der Waals surface area contributed by atoms with Gasteiger partial charge in [-0.05, 0) is 35.7 Å². The third-order valence-electron chi connectivity index (χ3n) is 3.82. The number of pyridine rings is 1. The van der Waals surface area contributed by atoms with Crippen LogP contribution in [-0.2, 0) is 6.54 Å². The number of nitrogens with one attached hydrogen (secondary N) is 1. The van der Waals surface area contributed by atoms with Crippen LogP contribution in [0.5, 0.6) is 0 Å². The van der Waals surface area contributed by atoms with Crippen LogP contribution in [0.25, 0.3) is 11.1 Å². The average Bonchev–Trinajstić information content (AvgIpc) is 2.58. The molecule has 2 aromatic carbocycles. The van der Waals surface area contributed by atoms with Crippen molar-refractivity contribution in [1.29, 1.82) is 5.41 Å². The Balaban J connectivity index is 1.79. The summed E-state index contributed by atoms with van der Waals surface area (Å²) in [6, 6.07) is 21.4. The van der Waals surface area contributed by atoms with Crippen molar-refractivity contribution < 1.29 is 4.79 Å². The lowest BCUT2D eigenvalue weighted by atomic mass is 10.0. The van der Waals surface area contributed by atoms with E-state index in [4.69, 9.17) is 5.41 Å². The minimum Gasteiger partial charge on any atom is -0.326 e. The maximum atomic E-state index is 12.4. The molecule has 23 heavy (non-hydrogen) atoms. The van der Waals surface area contributed by atoms with Crippen LogP contribution in [0.1, 0.15) is 15.9 Å². The molecule has 0 amide bonds. The molecule has 0 spiro atoms. The summed E-state index contributed by atoms with van der Waals surface area (Å²) in [6.45, 7) is 2.12. The number of Topliss-reactive ketones (excluding diaryl/α,β-unsaturated/α-hetero) is 1. The zero-order valence-corrected chi connectivity index (χ0v) is 13.0. The van der Waals surface area contributed by atoms with E-state index in [1.807, 2.05) is 67.6 Å². The predicted octanol–water partition coefficient (Wildman–Crippen LogP) is 3.83. The standard InChI is InChI=1S/C20H18N2O/c1-15-11-12-22(20(21)13-15)14-19(23)18-9-7-17(8-10-18)16-5-3-2-4-6-16/h2-13,21H,14H2,1H3. The summed E-state index contributed by atoms with van der Waals surface area (Å²) >= 11 is 0. The van der Waals surface area contributed by atoms with Gasteiger partial charge < -0.3 is 4.57 Å². The fraction of sp³-hybridized carbons (Fsp3) is 0.100. The molecule has 0 aliphatic carbocycles. The second-order valence-corrected chi connectivity index (χ2v) is 5.58. The van der Waals surface area contributed by atoms with E-state index in [0.717, 1.165) is 16.7 Å². The highest BCUT2D eigenvalue weighted by atomic mass is 16.1. The van der Waals surface area contributed by atoms with E-state index in [1.165, 1.54) is 0 Å². The van der Waals surface area contributed by atoms with E-state index in [-0.39, 0.29) is 12.3 Å². The third-order valence-corrected chi connectivity index (χ3v) is 3.82. The molecule has 0 radical (unpaired) electrons. The number of rotatable bonds is 4. The van der Waals surface area contributed by atoms with E-state index in [9.17, 15) is 4.79 Å². The van der Waals surface area contributed by atoms with Gasteiger partial charge in [-0.2, -0.15) is 0 Å². The van der Waals surface area contributed by atoms with Gasteiger partial charge in [-0.15, -0.1) is 0 Å². The summed E-state index contributed by atoms with van der Waals surface area (Å²) in [7, 11) is 0. The summed E-state index contributed by atoms with van der Waals surface area (Å²) in [5, 5.41) is 7.92. The zero-order chi connectivity index (χ0) is 16.2. The molecule has 3 aromatic rings. The van der Waals surface area contributed by atoms with Crippen molar-refractivity contribution in [3.63, 3.8) is 0 Å². The van der Waals surface area contributed by atoms with Crippen LogP contribution < -0.4 is 5.49 Å². The van der Waals surface area contributed by atoms with Crippen molar-refractivity contribution in [3.05, 3.63) is 89.5 Å². The second-order valence-electron chi connectivity index (χ2n) is 5.58. The summed E-state index contributed by atoms with van der Waals surface area (Å²) < 4.78 is 1.65. The molecule has 0 unspecified atom stereocenters. The number of ketones is 1. The molecule has 114 valence electrons.